The van der Waals surface area contributed by atoms with Gasteiger partial charge in [0.2, 0.25) is 0 Å². The van der Waals surface area contributed by atoms with E-state index in [1.807, 2.05) is 48.6 Å². The molecule has 0 saturated carbocycles. The van der Waals surface area contributed by atoms with Crippen LogP contribution < -0.4 is 0 Å². The van der Waals surface area contributed by atoms with Crippen LogP contribution in [0, 0.1) is 22.7 Å². The number of aromatic nitrogens is 2. The van der Waals surface area contributed by atoms with Crippen molar-refractivity contribution in [1.29, 1.82) is 10.5 Å². The van der Waals surface area contributed by atoms with Gasteiger partial charge in [-0.1, -0.05) is 42.5 Å². The average Bonchev–Trinajstić information content (AvgIpc) is 3.12. The molecule has 2 aromatic carbocycles. The number of pyridine rings is 1. The number of rotatable bonds is 2. The van der Waals surface area contributed by atoms with Crippen LogP contribution in [-0.4, -0.2) is 9.55 Å². The Morgan fingerprint density at radius 3 is 2.52 bits per heavy atom. The number of hydrogen-bond donors (Lipinski definition) is 0. The number of benzene rings is 2. The summed E-state index contributed by atoms with van der Waals surface area (Å²) < 4.78 is 2.30. The molecule has 0 fully saturated rings. The first-order chi connectivity index (χ1) is 14.3. The summed E-state index contributed by atoms with van der Waals surface area (Å²) in [5, 5.41) is 21.1. The smallest absolute Gasteiger partial charge is 0.101 e. The minimum atomic E-state index is -0.0644. The monoisotopic (exact) mass is 372 g/mol. The molecule has 2 atom stereocenters. The standard InChI is InChI=1S/C25H16N4/c26-15-17-11-12-24-21(14-17)19-7-1-3-9-22(19)29(24)23-10-4-2-8-20(23)25-18(16-27)6-5-13-28-25/h1-14,20,23H/t20-,23+/m1/s1. The lowest BCUT2D eigenvalue weighted by Gasteiger charge is -2.27. The first-order valence-electron chi connectivity index (χ1n) is 9.44. The summed E-state index contributed by atoms with van der Waals surface area (Å²) >= 11 is 0. The minimum absolute atomic E-state index is 0.0302. The van der Waals surface area contributed by atoms with Gasteiger partial charge in [-0.25, -0.2) is 0 Å². The van der Waals surface area contributed by atoms with E-state index in [1.165, 1.54) is 0 Å². The second-order valence-electron chi connectivity index (χ2n) is 7.07. The van der Waals surface area contributed by atoms with E-state index < -0.39 is 0 Å². The van der Waals surface area contributed by atoms with Gasteiger partial charge in [-0.05, 0) is 36.4 Å². The Labute approximate surface area is 168 Å². The zero-order valence-corrected chi connectivity index (χ0v) is 15.5. The molecular weight excluding hydrogens is 356 g/mol. The molecule has 0 N–H and O–H groups in total. The molecular formula is C25H16N4. The quantitative estimate of drug-likeness (QED) is 0.474. The predicted octanol–water partition coefficient (Wildman–Crippen LogP) is 5.38. The Morgan fingerprint density at radius 2 is 1.66 bits per heavy atom. The van der Waals surface area contributed by atoms with E-state index >= 15 is 0 Å². The third kappa shape index (κ3) is 2.63. The van der Waals surface area contributed by atoms with Crippen LogP contribution in [0.3, 0.4) is 0 Å². The summed E-state index contributed by atoms with van der Waals surface area (Å²) in [6.45, 7) is 0. The summed E-state index contributed by atoms with van der Waals surface area (Å²) in [7, 11) is 0. The van der Waals surface area contributed by atoms with Gasteiger partial charge in [0.25, 0.3) is 0 Å². The lowest BCUT2D eigenvalue weighted by molar-refractivity contribution is 0.564. The van der Waals surface area contributed by atoms with Gasteiger partial charge in [-0.3, -0.25) is 4.98 Å². The number of nitrogens with zero attached hydrogens (tertiary/aromatic N) is 4. The summed E-state index contributed by atoms with van der Waals surface area (Å²) in [4.78, 5) is 4.56. The van der Waals surface area contributed by atoms with Crippen LogP contribution in [-0.2, 0) is 0 Å². The summed E-state index contributed by atoms with van der Waals surface area (Å²) in [6, 6.07) is 22.2. The lowest BCUT2D eigenvalue weighted by atomic mass is 9.89. The highest BCUT2D eigenvalue weighted by Crippen LogP contribution is 2.40. The highest BCUT2D eigenvalue weighted by Gasteiger charge is 2.28. The molecule has 29 heavy (non-hydrogen) atoms. The van der Waals surface area contributed by atoms with Gasteiger partial charge in [0.1, 0.15) is 6.07 Å². The first kappa shape index (κ1) is 17.0. The van der Waals surface area contributed by atoms with Crippen molar-refractivity contribution >= 4 is 21.8 Å². The van der Waals surface area contributed by atoms with Crippen LogP contribution in [0.2, 0.25) is 0 Å². The molecule has 0 aliphatic heterocycles. The maximum atomic E-state index is 9.60. The zero-order valence-electron chi connectivity index (χ0n) is 15.5. The highest BCUT2D eigenvalue weighted by molar-refractivity contribution is 6.08. The number of allylic oxidation sites excluding steroid dienone is 4. The van der Waals surface area contributed by atoms with E-state index in [-0.39, 0.29) is 12.0 Å². The summed E-state index contributed by atoms with van der Waals surface area (Å²) in [5.74, 6) is -0.0644. The van der Waals surface area contributed by atoms with Gasteiger partial charge in [0.05, 0.1) is 28.9 Å². The third-order valence-corrected chi connectivity index (χ3v) is 5.52. The molecule has 4 aromatic rings. The van der Waals surface area contributed by atoms with Crippen LogP contribution in [0.25, 0.3) is 21.8 Å². The Kier molecular flexibility index (Phi) is 3.97. The highest BCUT2D eigenvalue weighted by atomic mass is 15.0. The Balaban J connectivity index is 1.80. The second-order valence-corrected chi connectivity index (χ2v) is 7.07. The Hall–Kier alpha value is -4.15. The van der Waals surface area contributed by atoms with Crippen molar-refractivity contribution in [2.24, 2.45) is 0 Å². The molecule has 5 rings (SSSR count). The molecule has 1 aliphatic carbocycles. The fourth-order valence-corrected chi connectivity index (χ4v) is 4.27. The molecule has 0 bridgehead atoms. The molecule has 0 amide bonds. The number of nitriles is 2. The molecule has 4 nitrogen and oxygen atoms in total. The van der Waals surface area contributed by atoms with E-state index in [0.29, 0.717) is 11.1 Å². The fraction of sp³-hybridized carbons (Fsp3) is 0.0800. The van der Waals surface area contributed by atoms with Crippen molar-refractivity contribution < 1.29 is 0 Å². The van der Waals surface area contributed by atoms with Gasteiger partial charge in [-0.15, -0.1) is 0 Å². The van der Waals surface area contributed by atoms with Crippen LogP contribution in [0.1, 0.15) is 28.8 Å². The van der Waals surface area contributed by atoms with Crippen LogP contribution in [0.4, 0.5) is 0 Å². The number of para-hydroxylation sites is 1. The molecule has 1 aliphatic rings. The van der Waals surface area contributed by atoms with Crippen molar-refractivity contribution in [3.05, 3.63) is 102 Å². The van der Waals surface area contributed by atoms with Gasteiger partial charge < -0.3 is 4.57 Å². The van der Waals surface area contributed by atoms with E-state index in [0.717, 1.165) is 27.5 Å². The molecule has 4 heteroatoms. The largest absolute Gasteiger partial charge is 0.332 e. The maximum absolute atomic E-state index is 9.60. The molecule has 0 spiro atoms. The van der Waals surface area contributed by atoms with E-state index in [2.05, 4.69) is 46.0 Å². The van der Waals surface area contributed by atoms with Crippen LogP contribution in [0.15, 0.2) is 85.1 Å². The first-order valence-corrected chi connectivity index (χ1v) is 9.44. The fourth-order valence-electron chi connectivity index (χ4n) is 4.27. The van der Waals surface area contributed by atoms with Crippen molar-refractivity contribution in [2.75, 3.05) is 0 Å². The molecule has 136 valence electrons. The molecule has 0 unspecified atom stereocenters. The Morgan fingerprint density at radius 1 is 0.828 bits per heavy atom. The van der Waals surface area contributed by atoms with Crippen molar-refractivity contribution in [3.8, 4) is 12.1 Å². The number of fused-ring (bicyclic) bond motifs is 3. The summed E-state index contributed by atoms with van der Waals surface area (Å²) in [5.41, 5.74) is 4.18. The third-order valence-electron chi connectivity index (χ3n) is 5.52. The normalized spacial score (nSPS) is 18.0. The van der Waals surface area contributed by atoms with Gasteiger partial charge >= 0.3 is 0 Å². The minimum Gasteiger partial charge on any atom is -0.332 e. The molecule has 2 heterocycles. The average molecular weight is 372 g/mol. The van der Waals surface area contributed by atoms with Crippen molar-refractivity contribution in [1.82, 2.24) is 9.55 Å². The molecule has 0 saturated heterocycles. The van der Waals surface area contributed by atoms with Crippen LogP contribution in [0.5, 0.6) is 0 Å². The van der Waals surface area contributed by atoms with Gasteiger partial charge in [0.15, 0.2) is 0 Å². The zero-order chi connectivity index (χ0) is 19.8. The van der Waals surface area contributed by atoms with Crippen molar-refractivity contribution in [2.45, 2.75) is 12.0 Å². The van der Waals surface area contributed by atoms with Gasteiger partial charge in [-0.2, -0.15) is 10.5 Å². The topological polar surface area (TPSA) is 65.4 Å². The van der Waals surface area contributed by atoms with Crippen LogP contribution >= 0.6 is 0 Å². The van der Waals surface area contributed by atoms with E-state index in [4.69, 9.17) is 0 Å². The second kappa shape index (κ2) is 6.78. The summed E-state index contributed by atoms with van der Waals surface area (Å²) in [6.07, 6.45) is 10.1. The maximum Gasteiger partial charge on any atom is 0.101 e. The number of hydrogen-bond acceptors (Lipinski definition) is 3. The van der Waals surface area contributed by atoms with E-state index in [9.17, 15) is 10.5 Å². The lowest BCUT2D eigenvalue weighted by Crippen LogP contribution is -2.18. The Bertz CT molecular complexity index is 1390. The predicted molar refractivity (Wildman–Crippen MR) is 113 cm³/mol. The molecule has 0 radical (unpaired) electrons. The SMILES string of the molecule is N#Cc1ccc2c(c1)c1ccccc1n2[C@H]1C=CC=C[C@H]1c1ncccc1C#N. The van der Waals surface area contributed by atoms with Gasteiger partial charge in [0, 0.05) is 33.9 Å². The molecule has 2 aromatic heterocycles. The van der Waals surface area contributed by atoms with Crippen molar-refractivity contribution in [3.63, 3.8) is 0 Å². The van der Waals surface area contributed by atoms with E-state index in [1.54, 1.807) is 12.3 Å².